The van der Waals surface area contributed by atoms with E-state index in [1.807, 2.05) is 0 Å². The fourth-order valence-electron chi connectivity index (χ4n) is 1.38. The second-order valence-electron chi connectivity index (χ2n) is 3.54. The highest BCUT2D eigenvalue weighted by Gasteiger charge is 2.11. The SMILES string of the molecule is Nc1ccncc1C(=O)Nc1ccc(Br)cc1Cl. The first-order valence-electron chi connectivity index (χ1n) is 5.04. The van der Waals surface area contributed by atoms with Crippen LogP contribution in [0.25, 0.3) is 0 Å². The second kappa shape index (κ2) is 5.37. The van der Waals surface area contributed by atoms with Gasteiger partial charge in [-0.05, 0) is 24.3 Å². The summed E-state index contributed by atoms with van der Waals surface area (Å²) in [7, 11) is 0. The number of nitrogens with two attached hydrogens (primary N) is 1. The highest BCUT2D eigenvalue weighted by atomic mass is 79.9. The van der Waals surface area contributed by atoms with Gasteiger partial charge in [0.2, 0.25) is 0 Å². The van der Waals surface area contributed by atoms with Crippen LogP contribution in [0.15, 0.2) is 41.1 Å². The zero-order chi connectivity index (χ0) is 13.1. The standard InChI is InChI=1S/C12H9BrClN3O/c13-7-1-2-11(9(14)5-7)17-12(18)8-6-16-4-3-10(8)15/h1-6H,(H2,15,16)(H,17,18). The van der Waals surface area contributed by atoms with E-state index in [1.54, 1.807) is 24.3 Å². The van der Waals surface area contributed by atoms with Crippen LogP contribution in [0.1, 0.15) is 10.4 Å². The minimum Gasteiger partial charge on any atom is -0.398 e. The third kappa shape index (κ3) is 2.80. The number of carbonyl (C=O) groups is 1. The normalized spacial score (nSPS) is 10.1. The Hall–Kier alpha value is -1.59. The number of nitrogens with one attached hydrogen (secondary N) is 1. The molecular weight excluding hydrogens is 318 g/mol. The molecule has 0 radical (unpaired) electrons. The first-order chi connectivity index (χ1) is 8.58. The summed E-state index contributed by atoms with van der Waals surface area (Å²) in [6.45, 7) is 0. The molecule has 0 unspecified atom stereocenters. The minimum atomic E-state index is -0.343. The van der Waals surface area contributed by atoms with Gasteiger partial charge in [0, 0.05) is 22.6 Å². The molecular formula is C12H9BrClN3O. The number of pyridine rings is 1. The summed E-state index contributed by atoms with van der Waals surface area (Å²) in [5, 5.41) is 3.13. The van der Waals surface area contributed by atoms with Gasteiger partial charge in [-0.25, -0.2) is 0 Å². The number of rotatable bonds is 2. The Morgan fingerprint density at radius 3 is 2.83 bits per heavy atom. The lowest BCUT2D eigenvalue weighted by Crippen LogP contribution is -2.14. The molecule has 0 atom stereocenters. The largest absolute Gasteiger partial charge is 0.398 e. The van der Waals surface area contributed by atoms with Crippen LogP contribution in [0.2, 0.25) is 5.02 Å². The zero-order valence-corrected chi connectivity index (χ0v) is 11.5. The van der Waals surface area contributed by atoms with E-state index >= 15 is 0 Å². The van der Waals surface area contributed by atoms with Crippen molar-refractivity contribution in [2.24, 2.45) is 0 Å². The molecule has 1 amide bonds. The van der Waals surface area contributed by atoms with Gasteiger partial charge in [0.25, 0.3) is 5.91 Å². The van der Waals surface area contributed by atoms with Gasteiger partial charge < -0.3 is 11.1 Å². The molecule has 0 saturated heterocycles. The number of hydrogen-bond acceptors (Lipinski definition) is 3. The summed E-state index contributed by atoms with van der Waals surface area (Å²) in [6, 6.07) is 6.76. The smallest absolute Gasteiger partial charge is 0.259 e. The molecule has 2 rings (SSSR count). The van der Waals surface area contributed by atoms with Gasteiger partial charge in [-0.3, -0.25) is 9.78 Å². The van der Waals surface area contributed by atoms with E-state index in [4.69, 9.17) is 17.3 Å². The Balaban J connectivity index is 2.24. The van der Waals surface area contributed by atoms with E-state index in [-0.39, 0.29) is 5.91 Å². The Morgan fingerprint density at radius 2 is 2.17 bits per heavy atom. The summed E-state index contributed by atoms with van der Waals surface area (Å²) in [4.78, 5) is 15.8. The van der Waals surface area contributed by atoms with Crippen LogP contribution < -0.4 is 11.1 Å². The van der Waals surface area contributed by atoms with Crippen molar-refractivity contribution in [2.45, 2.75) is 0 Å². The maximum absolute atomic E-state index is 12.0. The van der Waals surface area contributed by atoms with Crippen LogP contribution in [0.4, 0.5) is 11.4 Å². The van der Waals surface area contributed by atoms with E-state index in [0.29, 0.717) is 22.0 Å². The number of nitrogens with zero attached hydrogens (tertiary/aromatic N) is 1. The zero-order valence-electron chi connectivity index (χ0n) is 9.15. The lowest BCUT2D eigenvalue weighted by Gasteiger charge is -2.08. The lowest BCUT2D eigenvalue weighted by molar-refractivity contribution is 0.102. The predicted molar refractivity (Wildman–Crippen MR) is 75.8 cm³/mol. The molecule has 0 aliphatic heterocycles. The van der Waals surface area contributed by atoms with Crippen LogP contribution in [0.3, 0.4) is 0 Å². The third-order valence-electron chi connectivity index (χ3n) is 2.28. The number of hydrogen-bond donors (Lipinski definition) is 2. The molecule has 0 bridgehead atoms. The Morgan fingerprint density at radius 1 is 1.39 bits per heavy atom. The van der Waals surface area contributed by atoms with E-state index < -0.39 is 0 Å². The van der Waals surface area contributed by atoms with Crippen molar-refractivity contribution in [2.75, 3.05) is 11.1 Å². The topological polar surface area (TPSA) is 68.0 Å². The van der Waals surface area contributed by atoms with Crippen molar-refractivity contribution < 1.29 is 4.79 Å². The number of amides is 1. The lowest BCUT2D eigenvalue weighted by atomic mass is 10.2. The van der Waals surface area contributed by atoms with Crippen molar-refractivity contribution >= 4 is 44.8 Å². The molecule has 4 nitrogen and oxygen atoms in total. The molecule has 1 aromatic carbocycles. The van der Waals surface area contributed by atoms with Crippen LogP contribution in [0, 0.1) is 0 Å². The van der Waals surface area contributed by atoms with Crippen LogP contribution >= 0.6 is 27.5 Å². The molecule has 0 aliphatic carbocycles. The number of anilines is 2. The minimum absolute atomic E-state index is 0.316. The van der Waals surface area contributed by atoms with E-state index in [0.717, 1.165) is 4.47 Å². The van der Waals surface area contributed by atoms with Crippen LogP contribution in [0.5, 0.6) is 0 Å². The maximum Gasteiger partial charge on any atom is 0.259 e. The molecule has 1 heterocycles. The molecule has 3 N–H and O–H groups in total. The maximum atomic E-state index is 12.0. The van der Waals surface area contributed by atoms with Crippen molar-refractivity contribution in [1.29, 1.82) is 0 Å². The highest BCUT2D eigenvalue weighted by Crippen LogP contribution is 2.26. The highest BCUT2D eigenvalue weighted by molar-refractivity contribution is 9.10. The Kier molecular flexibility index (Phi) is 3.84. The molecule has 6 heteroatoms. The molecule has 1 aromatic heterocycles. The van der Waals surface area contributed by atoms with E-state index in [9.17, 15) is 4.79 Å². The van der Waals surface area contributed by atoms with Gasteiger partial charge >= 0.3 is 0 Å². The van der Waals surface area contributed by atoms with Gasteiger partial charge in [-0.2, -0.15) is 0 Å². The number of carbonyl (C=O) groups excluding carboxylic acids is 1. The van der Waals surface area contributed by atoms with Crippen LogP contribution in [-0.2, 0) is 0 Å². The Labute approximate surface area is 117 Å². The quantitative estimate of drug-likeness (QED) is 0.889. The van der Waals surface area contributed by atoms with Crippen molar-refractivity contribution in [1.82, 2.24) is 4.98 Å². The summed E-state index contributed by atoms with van der Waals surface area (Å²) >= 11 is 9.30. The fraction of sp³-hybridized carbons (Fsp3) is 0. The molecule has 2 aromatic rings. The summed E-state index contributed by atoms with van der Waals surface area (Å²) in [6.07, 6.45) is 2.94. The molecule has 0 spiro atoms. The molecule has 18 heavy (non-hydrogen) atoms. The van der Waals surface area contributed by atoms with Gasteiger partial charge in [0.15, 0.2) is 0 Å². The molecule has 92 valence electrons. The number of aromatic nitrogens is 1. The molecule has 0 aliphatic rings. The summed E-state index contributed by atoms with van der Waals surface area (Å²) in [5.41, 5.74) is 6.90. The first-order valence-corrected chi connectivity index (χ1v) is 6.21. The van der Waals surface area contributed by atoms with Gasteiger partial charge in [-0.1, -0.05) is 27.5 Å². The number of halogens is 2. The Bertz CT molecular complexity index is 604. The van der Waals surface area contributed by atoms with Gasteiger partial charge in [0.05, 0.1) is 16.3 Å². The van der Waals surface area contributed by atoms with Crippen LogP contribution in [-0.4, -0.2) is 10.9 Å². The van der Waals surface area contributed by atoms with Gasteiger partial charge in [0.1, 0.15) is 0 Å². The number of benzene rings is 1. The monoisotopic (exact) mass is 325 g/mol. The third-order valence-corrected chi connectivity index (χ3v) is 3.08. The van der Waals surface area contributed by atoms with E-state index in [2.05, 4.69) is 26.2 Å². The molecule has 0 fully saturated rings. The summed E-state index contributed by atoms with van der Waals surface area (Å²) in [5.74, 6) is -0.343. The van der Waals surface area contributed by atoms with Crippen molar-refractivity contribution in [3.8, 4) is 0 Å². The van der Waals surface area contributed by atoms with E-state index in [1.165, 1.54) is 12.4 Å². The average molecular weight is 327 g/mol. The predicted octanol–water partition coefficient (Wildman–Crippen LogP) is 3.33. The van der Waals surface area contributed by atoms with Gasteiger partial charge in [-0.15, -0.1) is 0 Å². The second-order valence-corrected chi connectivity index (χ2v) is 4.86. The fourth-order valence-corrected chi connectivity index (χ4v) is 2.10. The summed E-state index contributed by atoms with van der Waals surface area (Å²) < 4.78 is 0.839. The average Bonchev–Trinajstić information content (AvgIpc) is 2.33. The van der Waals surface area contributed by atoms with Crippen molar-refractivity contribution in [3.63, 3.8) is 0 Å². The molecule has 0 saturated carbocycles. The van der Waals surface area contributed by atoms with Crippen molar-refractivity contribution in [3.05, 3.63) is 51.7 Å². The number of nitrogen functional groups attached to an aromatic ring is 1. The first kappa shape index (κ1) is 12.9.